The van der Waals surface area contributed by atoms with Crippen molar-refractivity contribution in [3.8, 4) is 0 Å². The third-order valence-corrected chi connectivity index (χ3v) is 3.02. The van der Waals surface area contributed by atoms with E-state index in [1.54, 1.807) is 0 Å². The van der Waals surface area contributed by atoms with Crippen LogP contribution in [0.2, 0.25) is 0 Å². The summed E-state index contributed by atoms with van der Waals surface area (Å²) >= 11 is 0. The van der Waals surface area contributed by atoms with Crippen molar-refractivity contribution in [2.45, 2.75) is 40.2 Å². The molecular formula is C11H22N4O. The van der Waals surface area contributed by atoms with E-state index >= 15 is 0 Å². The predicted molar refractivity (Wildman–Crippen MR) is 64.2 cm³/mol. The molecule has 5 heteroatoms. The van der Waals surface area contributed by atoms with Crippen molar-refractivity contribution < 1.29 is 4.52 Å². The van der Waals surface area contributed by atoms with Gasteiger partial charge in [-0.25, -0.2) is 0 Å². The summed E-state index contributed by atoms with van der Waals surface area (Å²) in [6.45, 7) is 10.1. The lowest BCUT2D eigenvalue weighted by Crippen LogP contribution is -2.23. The van der Waals surface area contributed by atoms with E-state index in [2.05, 4.69) is 37.8 Å². The van der Waals surface area contributed by atoms with Crippen LogP contribution in [-0.2, 0) is 0 Å². The van der Waals surface area contributed by atoms with Crippen LogP contribution in [0.5, 0.6) is 0 Å². The van der Waals surface area contributed by atoms with Crippen LogP contribution in [0.4, 0.5) is 5.95 Å². The number of hydrogen-bond acceptors (Lipinski definition) is 5. The van der Waals surface area contributed by atoms with Crippen LogP contribution in [0.15, 0.2) is 4.52 Å². The summed E-state index contributed by atoms with van der Waals surface area (Å²) in [5.74, 6) is 1.53. The number of hydrogen-bond donors (Lipinski definition) is 1. The minimum atomic E-state index is -0.165. The smallest absolute Gasteiger partial charge is 0.266 e. The number of nitrogens with two attached hydrogens (primary N) is 1. The highest BCUT2D eigenvalue weighted by Gasteiger charge is 2.21. The summed E-state index contributed by atoms with van der Waals surface area (Å²) in [4.78, 5) is 6.38. The van der Waals surface area contributed by atoms with E-state index in [1.807, 2.05) is 4.90 Å². The van der Waals surface area contributed by atoms with Crippen molar-refractivity contribution >= 4 is 5.95 Å². The van der Waals surface area contributed by atoms with Crippen LogP contribution < -0.4 is 10.6 Å². The zero-order valence-electron chi connectivity index (χ0n) is 10.6. The fourth-order valence-electron chi connectivity index (χ4n) is 1.49. The molecule has 0 aliphatic heterocycles. The van der Waals surface area contributed by atoms with Crippen molar-refractivity contribution in [2.75, 3.05) is 18.0 Å². The second kappa shape index (κ2) is 5.84. The van der Waals surface area contributed by atoms with Gasteiger partial charge in [-0.15, -0.1) is 0 Å². The van der Waals surface area contributed by atoms with Gasteiger partial charge in [-0.3, -0.25) is 0 Å². The Bertz CT molecular complexity index is 309. The van der Waals surface area contributed by atoms with Gasteiger partial charge in [0.05, 0.1) is 6.04 Å². The average Bonchev–Trinajstić information content (AvgIpc) is 2.78. The maximum absolute atomic E-state index is 6.03. The summed E-state index contributed by atoms with van der Waals surface area (Å²) in [5.41, 5.74) is 6.03. The maximum Gasteiger partial charge on any atom is 0.266 e. The molecule has 0 spiro atoms. The molecule has 0 bridgehead atoms. The summed E-state index contributed by atoms with van der Waals surface area (Å²) in [6.07, 6.45) is 1.00. The Morgan fingerprint density at radius 2 is 1.94 bits per heavy atom. The number of nitrogens with zero attached hydrogens (tertiary/aromatic N) is 3. The van der Waals surface area contributed by atoms with Crippen LogP contribution >= 0.6 is 0 Å². The first-order valence-electron chi connectivity index (χ1n) is 5.98. The molecule has 0 fully saturated rings. The van der Waals surface area contributed by atoms with E-state index in [4.69, 9.17) is 10.3 Å². The van der Waals surface area contributed by atoms with Crippen LogP contribution in [0, 0.1) is 5.92 Å². The molecule has 0 saturated heterocycles. The molecule has 2 unspecified atom stereocenters. The minimum absolute atomic E-state index is 0.165. The predicted octanol–water partition coefficient (Wildman–Crippen LogP) is 1.96. The summed E-state index contributed by atoms with van der Waals surface area (Å²) < 4.78 is 5.21. The molecule has 0 aromatic carbocycles. The maximum atomic E-state index is 6.03. The Hall–Kier alpha value is -1.10. The van der Waals surface area contributed by atoms with Gasteiger partial charge in [0.25, 0.3) is 5.95 Å². The molecule has 0 aliphatic carbocycles. The average molecular weight is 226 g/mol. The van der Waals surface area contributed by atoms with Gasteiger partial charge in [-0.1, -0.05) is 20.3 Å². The molecule has 2 atom stereocenters. The highest BCUT2D eigenvalue weighted by Crippen LogP contribution is 2.21. The zero-order valence-corrected chi connectivity index (χ0v) is 10.6. The van der Waals surface area contributed by atoms with Crippen LogP contribution in [0.1, 0.15) is 46.0 Å². The van der Waals surface area contributed by atoms with E-state index < -0.39 is 0 Å². The highest BCUT2D eigenvalue weighted by molar-refractivity contribution is 5.27. The minimum Gasteiger partial charge on any atom is -0.339 e. The zero-order chi connectivity index (χ0) is 12.1. The summed E-state index contributed by atoms with van der Waals surface area (Å²) in [5, 5.41) is 3.96. The van der Waals surface area contributed by atoms with Crippen LogP contribution in [0.3, 0.4) is 0 Å². The molecule has 0 saturated carbocycles. The molecule has 0 amide bonds. The molecule has 1 rings (SSSR count). The van der Waals surface area contributed by atoms with Gasteiger partial charge in [0, 0.05) is 13.1 Å². The summed E-state index contributed by atoms with van der Waals surface area (Å²) in [6, 6.07) is -0.165. The van der Waals surface area contributed by atoms with Gasteiger partial charge in [0.2, 0.25) is 5.89 Å². The Morgan fingerprint density at radius 1 is 1.31 bits per heavy atom. The third-order valence-electron chi connectivity index (χ3n) is 3.02. The molecule has 16 heavy (non-hydrogen) atoms. The molecule has 92 valence electrons. The van der Waals surface area contributed by atoms with Gasteiger partial charge in [-0.05, 0) is 24.9 Å². The SMILES string of the molecule is CCC(C)C(N)c1nc(N(CC)CC)no1. The third kappa shape index (κ3) is 2.72. The van der Waals surface area contributed by atoms with Crippen LogP contribution in [0.25, 0.3) is 0 Å². The molecule has 1 aromatic rings. The second-order valence-electron chi connectivity index (χ2n) is 4.02. The lowest BCUT2D eigenvalue weighted by atomic mass is 10.0. The molecule has 0 aliphatic rings. The highest BCUT2D eigenvalue weighted by atomic mass is 16.5. The molecular weight excluding hydrogens is 204 g/mol. The lowest BCUT2D eigenvalue weighted by Gasteiger charge is -2.15. The lowest BCUT2D eigenvalue weighted by molar-refractivity contribution is 0.312. The molecule has 1 heterocycles. The van der Waals surface area contributed by atoms with Crippen LogP contribution in [-0.4, -0.2) is 23.2 Å². The van der Waals surface area contributed by atoms with Gasteiger partial charge in [0.1, 0.15) is 0 Å². The summed E-state index contributed by atoms with van der Waals surface area (Å²) in [7, 11) is 0. The Labute approximate surface area is 97.0 Å². The fraction of sp³-hybridized carbons (Fsp3) is 0.818. The molecule has 5 nitrogen and oxygen atoms in total. The van der Waals surface area contributed by atoms with Crippen molar-refractivity contribution in [1.29, 1.82) is 0 Å². The Balaban J connectivity index is 2.77. The van der Waals surface area contributed by atoms with Crippen molar-refractivity contribution in [3.63, 3.8) is 0 Å². The molecule has 0 radical (unpaired) electrons. The van der Waals surface area contributed by atoms with E-state index in [-0.39, 0.29) is 6.04 Å². The van der Waals surface area contributed by atoms with Crippen molar-refractivity contribution in [3.05, 3.63) is 5.89 Å². The van der Waals surface area contributed by atoms with Crippen molar-refractivity contribution in [1.82, 2.24) is 10.1 Å². The molecule has 2 N–H and O–H groups in total. The van der Waals surface area contributed by atoms with Crippen molar-refractivity contribution in [2.24, 2.45) is 11.7 Å². The molecule has 1 aromatic heterocycles. The second-order valence-corrected chi connectivity index (χ2v) is 4.02. The quantitative estimate of drug-likeness (QED) is 0.803. The van der Waals surface area contributed by atoms with Gasteiger partial charge < -0.3 is 15.2 Å². The topological polar surface area (TPSA) is 68.2 Å². The van der Waals surface area contributed by atoms with E-state index in [0.717, 1.165) is 19.5 Å². The largest absolute Gasteiger partial charge is 0.339 e. The van der Waals surface area contributed by atoms with Gasteiger partial charge >= 0.3 is 0 Å². The number of aromatic nitrogens is 2. The Kier molecular flexibility index (Phi) is 4.73. The monoisotopic (exact) mass is 226 g/mol. The standard InChI is InChI=1S/C11H22N4O/c1-5-8(4)9(12)10-13-11(14-16-10)15(6-2)7-3/h8-9H,5-7,12H2,1-4H3. The van der Waals surface area contributed by atoms with E-state index in [1.165, 1.54) is 0 Å². The van der Waals surface area contributed by atoms with Gasteiger partial charge in [-0.2, -0.15) is 4.98 Å². The first-order chi connectivity index (χ1) is 7.63. The first kappa shape index (κ1) is 13.0. The Morgan fingerprint density at radius 3 is 2.44 bits per heavy atom. The number of rotatable bonds is 6. The van der Waals surface area contributed by atoms with E-state index in [9.17, 15) is 0 Å². The fourth-order valence-corrected chi connectivity index (χ4v) is 1.49. The normalized spacial score (nSPS) is 14.8. The number of anilines is 1. The van der Waals surface area contributed by atoms with E-state index in [0.29, 0.717) is 17.8 Å². The first-order valence-corrected chi connectivity index (χ1v) is 5.98. The van der Waals surface area contributed by atoms with Gasteiger partial charge in [0.15, 0.2) is 0 Å².